The Bertz CT molecular complexity index is 745. The number of halogens is 1. The van der Waals surface area contributed by atoms with Gasteiger partial charge in [0, 0.05) is 45.2 Å². The van der Waals surface area contributed by atoms with E-state index in [1.165, 1.54) is 5.56 Å². The van der Waals surface area contributed by atoms with Crippen LogP contribution in [0.5, 0.6) is 0 Å². The second-order valence-electron chi connectivity index (χ2n) is 8.40. The molecule has 0 atom stereocenters. The van der Waals surface area contributed by atoms with Gasteiger partial charge in [-0.2, -0.15) is 0 Å². The van der Waals surface area contributed by atoms with Crippen LogP contribution in [0, 0.1) is 0 Å². The van der Waals surface area contributed by atoms with Crippen LogP contribution in [0.25, 0.3) is 0 Å². The van der Waals surface area contributed by atoms with Crippen LogP contribution in [0.1, 0.15) is 38.0 Å². The summed E-state index contributed by atoms with van der Waals surface area (Å²) < 4.78 is 11.1. The molecule has 1 aromatic heterocycles. The zero-order chi connectivity index (χ0) is 21.7. The number of hydrogen-bond donors (Lipinski definition) is 2. The first kappa shape index (κ1) is 26.7. The van der Waals surface area contributed by atoms with Gasteiger partial charge in [0.15, 0.2) is 5.96 Å². The molecule has 3 rings (SSSR count). The lowest BCUT2D eigenvalue weighted by atomic mass is 10.1. The van der Waals surface area contributed by atoms with Crippen molar-refractivity contribution in [3.63, 3.8) is 0 Å². The minimum Gasteiger partial charge on any atom is -0.469 e. The fourth-order valence-electron chi connectivity index (χ4n) is 3.77. The molecule has 0 unspecified atom stereocenters. The third kappa shape index (κ3) is 10.4. The molecule has 0 spiro atoms. The van der Waals surface area contributed by atoms with Crippen molar-refractivity contribution >= 4 is 29.9 Å². The van der Waals surface area contributed by atoms with Gasteiger partial charge >= 0.3 is 0 Å². The monoisotopic (exact) mass is 554 g/mol. The number of nitrogens with zero attached hydrogens (tertiary/aromatic N) is 2. The Kier molecular flexibility index (Phi) is 12.7. The van der Waals surface area contributed by atoms with Crippen molar-refractivity contribution in [3.05, 3.63) is 60.1 Å². The Morgan fingerprint density at radius 2 is 1.91 bits per heavy atom. The third-order valence-electron chi connectivity index (χ3n) is 5.54. The van der Waals surface area contributed by atoms with Gasteiger partial charge in [-0.15, -0.1) is 24.0 Å². The normalized spacial score (nSPS) is 15.5. The molecule has 7 heteroatoms. The summed E-state index contributed by atoms with van der Waals surface area (Å²) >= 11 is 0. The third-order valence-corrected chi connectivity index (χ3v) is 5.54. The maximum absolute atomic E-state index is 5.70. The van der Waals surface area contributed by atoms with E-state index in [4.69, 9.17) is 14.1 Å². The van der Waals surface area contributed by atoms with Crippen molar-refractivity contribution < 1.29 is 9.15 Å². The number of rotatable bonds is 11. The first-order valence-electron chi connectivity index (χ1n) is 11.6. The highest BCUT2D eigenvalue weighted by molar-refractivity contribution is 14.0. The zero-order valence-electron chi connectivity index (χ0n) is 19.5. The lowest BCUT2D eigenvalue weighted by Crippen LogP contribution is -2.49. The number of guanidine groups is 1. The number of furan rings is 1. The summed E-state index contributed by atoms with van der Waals surface area (Å²) in [6.45, 7) is 9.79. The van der Waals surface area contributed by atoms with Crippen molar-refractivity contribution in [3.8, 4) is 0 Å². The predicted octanol–water partition coefficient (Wildman–Crippen LogP) is 4.11. The van der Waals surface area contributed by atoms with Crippen molar-refractivity contribution in [1.82, 2.24) is 15.5 Å². The van der Waals surface area contributed by atoms with E-state index in [2.05, 4.69) is 59.7 Å². The number of piperidine rings is 1. The van der Waals surface area contributed by atoms with Gasteiger partial charge in [0.2, 0.25) is 0 Å². The van der Waals surface area contributed by atoms with Crippen molar-refractivity contribution in [2.45, 2.75) is 51.7 Å². The van der Waals surface area contributed by atoms with Crippen LogP contribution in [-0.4, -0.2) is 62.3 Å². The molecule has 0 radical (unpaired) electrons. The van der Waals surface area contributed by atoms with Gasteiger partial charge in [-0.05, 0) is 50.8 Å². The molecule has 1 saturated heterocycles. The van der Waals surface area contributed by atoms with Crippen LogP contribution in [0.15, 0.2) is 58.1 Å². The smallest absolute Gasteiger partial charge is 0.191 e. The second kappa shape index (κ2) is 15.3. The van der Waals surface area contributed by atoms with E-state index < -0.39 is 0 Å². The van der Waals surface area contributed by atoms with E-state index in [1.807, 2.05) is 12.1 Å². The zero-order valence-corrected chi connectivity index (χ0v) is 21.8. The molecule has 6 nitrogen and oxygen atoms in total. The number of ether oxygens (including phenoxy) is 1. The Balaban J connectivity index is 0.00000363. The summed E-state index contributed by atoms with van der Waals surface area (Å²) in [4.78, 5) is 7.31. The number of benzene rings is 1. The Morgan fingerprint density at radius 3 is 2.59 bits per heavy atom. The summed E-state index contributed by atoms with van der Waals surface area (Å²) in [5.41, 5.74) is 1.34. The summed E-state index contributed by atoms with van der Waals surface area (Å²) in [6, 6.07) is 15.0. The van der Waals surface area contributed by atoms with Gasteiger partial charge in [0.05, 0.1) is 19.0 Å². The molecular weight excluding hydrogens is 515 g/mol. The molecule has 0 aliphatic carbocycles. The molecule has 0 bridgehead atoms. The van der Waals surface area contributed by atoms with Gasteiger partial charge in [-0.25, -0.2) is 0 Å². The number of aliphatic imine (C=N–C) groups is 1. The molecule has 1 aromatic carbocycles. The molecule has 32 heavy (non-hydrogen) atoms. The van der Waals surface area contributed by atoms with E-state index in [-0.39, 0.29) is 24.0 Å². The van der Waals surface area contributed by atoms with Crippen LogP contribution in [0.3, 0.4) is 0 Å². The fraction of sp³-hybridized carbons (Fsp3) is 0.560. The number of nitrogens with one attached hydrogen (secondary N) is 2. The highest BCUT2D eigenvalue weighted by atomic mass is 127. The Hall–Kier alpha value is -1.58. The minimum atomic E-state index is 0. The molecule has 1 aliphatic rings. The summed E-state index contributed by atoms with van der Waals surface area (Å²) in [7, 11) is 0. The molecule has 0 saturated carbocycles. The molecule has 1 fully saturated rings. The predicted molar refractivity (Wildman–Crippen MR) is 142 cm³/mol. The highest BCUT2D eigenvalue weighted by Crippen LogP contribution is 2.10. The summed E-state index contributed by atoms with van der Waals surface area (Å²) in [5, 5.41) is 7.20. The average Bonchev–Trinajstić information content (AvgIpc) is 3.29. The van der Waals surface area contributed by atoms with Crippen molar-refractivity contribution in [2.75, 3.05) is 39.3 Å². The first-order valence-corrected chi connectivity index (χ1v) is 11.6. The van der Waals surface area contributed by atoms with E-state index in [0.29, 0.717) is 18.7 Å². The number of likely N-dealkylation sites (tertiary alicyclic amines) is 1. The standard InChI is InChI=1S/C25H38N4O2.HI/c1-21(2)30-20-18-29-16-12-23(13-17-29)28-25(27-15-11-24-9-6-19-31-24)26-14-10-22-7-4-3-5-8-22;/h3-9,19,21,23H,10-18,20H2,1-2H3,(H2,26,27,28);1H. The summed E-state index contributed by atoms with van der Waals surface area (Å²) in [5.74, 6) is 1.88. The quantitative estimate of drug-likeness (QED) is 0.249. The van der Waals surface area contributed by atoms with E-state index >= 15 is 0 Å². The maximum Gasteiger partial charge on any atom is 0.191 e. The largest absolute Gasteiger partial charge is 0.469 e. The average molecular weight is 555 g/mol. The van der Waals surface area contributed by atoms with Crippen LogP contribution in [-0.2, 0) is 17.6 Å². The van der Waals surface area contributed by atoms with Gasteiger partial charge < -0.3 is 24.7 Å². The summed E-state index contributed by atoms with van der Waals surface area (Å²) in [6.07, 6.45) is 6.07. The highest BCUT2D eigenvalue weighted by Gasteiger charge is 2.20. The van der Waals surface area contributed by atoms with Gasteiger partial charge in [-0.1, -0.05) is 30.3 Å². The molecule has 2 heterocycles. The molecule has 178 valence electrons. The first-order chi connectivity index (χ1) is 15.2. The maximum atomic E-state index is 5.70. The van der Waals surface area contributed by atoms with E-state index in [0.717, 1.165) is 70.2 Å². The van der Waals surface area contributed by atoms with Gasteiger partial charge in [0.25, 0.3) is 0 Å². The Labute approximate surface area is 210 Å². The SMILES string of the molecule is CC(C)OCCN1CCC(NC(=NCCc2ccco2)NCCc2ccccc2)CC1.I. The minimum absolute atomic E-state index is 0. The Morgan fingerprint density at radius 1 is 1.12 bits per heavy atom. The molecule has 0 amide bonds. The topological polar surface area (TPSA) is 62.0 Å². The molecule has 2 N–H and O–H groups in total. The van der Waals surface area contributed by atoms with Gasteiger partial charge in [-0.3, -0.25) is 4.99 Å². The second-order valence-corrected chi connectivity index (χ2v) is 8.40. The van der Waals surface area contributed by atoms with Crippen molar-refractivity contribution in [1.29, 1.82) is 0 Å². The van der Waals surface area contributed by atoms with E-state index in [1.54, 1.807) is 6.26 Å². The van der Waals surface area contributed by atoms with Gasteiger partial charge in [0.1, 0.15) is 5.76 Å². The van der Waals surface area contributed by atoms with Crippen molar-refractivity contribution in [2.24, 2.45) is 4.99 Å². The van der Waals surface area contributed by atoms with Crippen LogP contribution in [0.2, 0.25) is 0 Å². The molecular formula is C25H39IN4O2. The van der Waals surface area contributed by atoms with Crippen LogP contribution in [0.4, 0.5) is 0 Å². The molecule has 1 aliphatic heterocycles. The van der Waals surface area contributed by atoms with E-state index in [9.17, 15) is 0 Å². The van der Waals surface area contributed by atoms with Crippen LogP contribution >= 0.6 is 24.0 Å². The van der Waals surface area contributed by atoms with Crippen LogP contribution < -0.4 is 10.6 Å². The lowest BCUT2D eigenvalue weighted by Gasteiger charge is -2.33. The lowest BCUT2D eigenvalue weighted by molar-refractivity contribution is 0.0532. The fourth-order valence-corrected chi connectivity index (χ4v) is 3.77. The number of hydrogen-bond acceptors (Lipinski definition) is 4. The molecule has 2 aromatic rings.